The zero-order valence-corrected chi connectivity index (χ0v) is 11.0. The zero-order valence-electron chi connectivity index (χ0n) is 11.0. The van der Waals surface area contributed by atoms with Gasteiger partial charge in [0.15, 0.2) is 0 Å². The van der Waals surface area contributed by atoms with Crippen molar-refractivity contribution in [3.8, 4) is 0 Å². The number of halogens is 3. The molecule has 1 aromatic carbocycles. The van der Waals surface area contributed by atoms with Gasteiger partial charge in [0.1, 0.15) is 0 Å². The molecule has 0 aromatic heterocycles. The Morgan fingerprint density at radius 1 is 1.16 bits per heavy atom. The molecule has 19 heavy (non-hydrogen) atoms. The van der Waals surface area contributed by atoms with Crippen molar-refractivity contribution in [2.45, 2.75) is 25.9 Å². The van der Waals surface area contributed by atoms with E-state index in [1.54, 1.807) is 0 Å². The fourth-order valence-corrected chi connectivity index (χ4v) is 2.30. The number of hydrogen-bond acceptors (Lipinski definition) is 2. The Morgan fingerprint density at radius 3 is 2.26 bits per heavy atom. The van der Waals surface area contributed by atoms with Crippen LogP contribution in [0.5, 0.6) is 0 Å². The first-order valence-electron chi connectivity index (χ1n) is 6.51. The highest BCUT2D eigenvalue weighted by molar-refractivity contribution is 5.45. The average Bonchev–Trinajstić information content (AvgIpc) is 2.37. The summed E-state index contributed by atoms with van der Waals surface area (Å²) in [5.74, 6) is 0. The van der Waals surface area contributed by atoms with Gasteiger partial charge in [-0.1, -0.05) is 6.92 Å². The first kappa shape index (κ1) is 14.2. The van der Waals surface area contributed by atoms with Crippen molar-refractivity contribution in [3.05, 3.63) is 29.8 Å². The Hall–Kier alpha value is -1.23. The summed E-state index contributed by atoms with van der Waals surface area (Å²) in [6.45, 7) is 5.02. The second kappa shape index (κ2) is 5.41. The van der Waals surface area contributed by atoms with Crippen LogP contribution in [0.3, 0.4) is 0 Å². The quantitative estimate of drug-likeness (QED) is 0.880. The number of piperidine rings is 1. The van der Waals surface area contributed by atoms with E-state index in [0.29, 0.717) is 0 Å². The van der Waals surface area contributed by atoms with Crippen LogP contribution in [-0.2, 0) is 6.18 Å². The van der Waals surface area contributed by atoms with Gasteiger partial charge in [0.2, 0.25) is 0 Å². The molecule has 2 rings (SSSR count). The Labute approximate surface area is 111 Å². The molecule has 0 saturated carbocycles. The monoisotopic (exact) mass is 272 g/mol. The molecule has 1 heterocycles. The molecule has 2 nitrogen and oxygen atoms in total. The molecule has 5 heteroatoms. The second-order valence-corrected chi connectivity index (χ2v) is 5.49. The minimum Gasteiger partial charge on any atom is -0.384 e. The highest BCUT2D eigenvalue weighted by Gasteiger charge is 2.30. The zero-order chi connectivity index (χ0) is 13.9. The van der Waals surface area contributed by atoms with Crippen LogP contribution in [0.2, 0.25) is 0 Å². The molecule has 2 N–H and O–H groups in total. The molecule has 1 aromatic rings. The number of rotatable bonds is 3. The minimum absolute atomic E-state index is 0.216. The summed E-state index contributed by atoms with van der Waals surface area (Å²) in [4.78, 5) is 0. The van der Waals surface area contributed by atoms with Gasteiger partial charge in [-0.25, -0.2) is 0 Å². The molecule has 106 valence electrons. The van der Waals surface area contributed by atoms with Gasteiger partial charge in [-0.15, -0.1) is 0 Å². The Kier molecular flexibility index (Phi) is 4.04. The van der Waals surface area contributed by atoms with E-state index in [4.69, 9.17) is 0 Å². The van der Waals surface area contributed by atoms with Crippen LogP contribution in [0, 0.1) is 5.41 Å². The van der Waals surface area contributed by atoms with Crippen molar-refractivity contribution < 1.29 is 13.2 Å². The van der Waals surface area contributed by atoms with Gasteiger partial charge in [-0.2, -0.15) is 13.2 Å². The Bertz CT molecular complexity index is 406. The smallest absolute Gasteiger partial charge is 0.384 e. The van der Waals surface area contributed by atoms with E-state index in [1.165, 1.54) is 12.1 Å². The second-order valence-electron chi connectivity index (χ2n) is 5.49. The fraction of sp³-hybridized carbons (Fsp3) is 0.571. The lowest BCUT2D eigenvalue weighted by Crippen LogP contribution is -2.39. The third-order valence-electron chi connectivity index (χ3n) is 3.74. The predicted molar refractivity (Wildman–Crippen MR) is 70.1 cm³/mol. The van der Waals surface area contributed by atoms with E-state index in [9.17, 15) is 13.2 Å². The molecular formula is C14H19F3N2. The molecular weight excluding hydrogens is 253 g/mol. The van der Waals surface area contributed by atoms with Crippen LogP contribution in [0.25, 0.3) is 0 Å². The SMILES string of the molecule is CC1(CNc2ccc(C(F)(F)F)cc2)CCNCC1. The Morgan fingerprint density at radius 2 is 1.74 bits per heavy atom. The topological polar surface area (TPSA) is 24.1 Å². The van der Waals surface area contributed by atoms with Crippen molar-refractivity contribution in [1.29, 1.82) is 0 Å². The van der Waals surface area contributed by atoms with E-state index < -0.39 is 11.7 Å². The maximum absolute atomic E-state index is 12.4. The van der Waals surface area contributed by atoms with E-state index in [0.717, 1.165) is 50.3 Å². The average molecular weight is 272 g/mol. The van der Waals surface area contributed by atoms with Crippen molar-refractivity contribution in [2.75, 3.05) is 25.0 Å². The van der Waals surface area contributed by atoms with Gasteiger partial charge in [0.25, 0.3) is 0 Å². The summed E-state index contributed by atoms with van der Waals surface area (Å²) in [5, 5.41) is 6.55. The van der Waals surface area contributed by atoms with Crippen LogP contribution in [-0.4, -0.2) is 19.6 Å². The molecule has 0 radical (unpaired) electrons. The van der Waals surface area contributed by atoms with Gasteiger partial charge in [-0.3, -0.25) is 0 Å². The van der Waals surface area contributed by atoms with Gasteiger partial charge in [-0.05, 0) is 55.6 Å². The lowest BCUT2D eigenvalue weighted by molar-refractivity contribution is -0.137. The summed E-state index contributed by atoms with van der Waals surface area (Å²) < 4.78 is 37.3. The van der Waals surface area contributed by atoms with Gasteiger partial charge < -0.3 is 10.6 Å². The van der Waals surface area contributed by atoms with E-state index in [2.05, 4.69) is 17.6 Å². The normalized spacial score (nSPS) is 19.2. The fourth-order valence-electron chi connectivity index (χ4n) is 2.30. The van der Waals surface area contributed by atoms with Crippen molar-refractivity contribution in [2.24, 2.45) is 5.41 Å². The van der Waals surface area contributed by atoms with Crippen molar-refractivity contribution in [3.63, 3.8) is 0 Å². The minimum atomic E-state index is -4.26. The number of benzene rings is 1. The van der Waals surface area contributed by atoms with Crippen LogP contribution in [0.4, 0.5) is 18.9 Å². The lowest BCUT2D eigenvalue weighted by Gasteiger charge is -2.34. The summed E-state index contributed by atoms with van der Waals surface area (Å²) in [7, 11) is 0. The maximum atomic E-state index is 12.4. The third kappa shape index (κ3) is 3.86. The molecule has 1 saturated heterocycles. The molecule has 0 bridgehead atoms. The van der Waals surface area contributed by atoms with Crippen LogP contribution in [0.15, 0.2) is 24.3 Å². The van der Waals surface area contributed by atoms with Crippen LogP contribution < -0.4 is 10.6 Å². The molecule has 0 amide bonds. The van der Waals surface area contributed by atoms with E-state index in [1.807, 2.05) is 0 Å². The maximum Gasteiger partial charge on any atom is 0.416 e. The Balaban J connectivity index is 1.93. The molecule has 1 aliphatic rings. The van der Waals surface area contributed by atoms with Gasteiger partial charge >= 0.3 is 6.18 Å². The predicted octanol–water partition coefficient (Wildman–Crippen LogP) is 3.51. The highest BCUT2D eigenvalue weighted by atomic mass is 19.4. The third-order valence-corrected chi connectivity index (χ3v) is 3.74. The van der Waals surface area contributed by atoms with E-state index in [-0.39, 0.29) is 5.41 Å². The van der Waals surface area contributed by atoms with Crippen LogP contribution in [0.1, 0.15) is 25.3 Å². The number of anilines is 1. The molecule has 1 aliphatic heterocycles. The van der Waals surface area contributed by atoms with E-state index >= 15 is 0 Å². The molecule has 1 fully saturated rings. The summed E-state index contributed by atoms with van der Waals surface area (Å²) >= 11 is 0. The highest BCUT2D eigenvalue weighted by Crippen LogP contribution is 2.31. The summed E-state index contributed by atoms with van der Waals surface area (Å²) in [6.07, 6.45) is -2.10. The molecule has 0 spiro atoms. The first-order chi connectivity index (χ1) is 8.89. The van der Waals surface area contributed by atoms with Gasteiger partial charge in [0.05, 0.1) is 5.56 Å². The largest absolute Gasteiger partial charge is 0.416 e. The standard InChI is InChI=1S/C14H19F3N2/c1-13(6-8-18-9-7-13)10-19-12-4-2-11(3-5-12)14(15,16)17/h2-5,18-19H,6-10H2,1H3. The summed E-state index contributed by atoms with van der Waals surface area (Å²) in [5.41, 5.74) is 0.354. The lowest BCUT2D eigenvalue weighted by atomic mass is 9.81. The van der Waals surface area contributed by atoms with Crippen LogP contribution >= 0.6 is 0 Å². The van der Waals surface area contributed by atoms with Gasteiger partial charge in [0, 0.05) is 12.2 Å². The molecule has 0 unspecified atom stereocenters. The van der Waals surface area contributed by atoms with Crippen molar-refractivity contribution >= 4 is 5.69 Å². The number of hydrogen-bond donors (Lipinski definition) is 2. The summed E-state index contributed by atoms with van der Waals surface area (Å²) in [6, 6.07) is 5.22. The number of alkyl halides is 3. The van der Waals surface area contributed by atoms with Crippen molar-refractivity contribution in [1.82, 2.24) is 5.32 Å². The molecule has 0 aliphatic carbocycles. The molecule has 0 atom stereocenters. The number of nitrogens with one attached hydrogen (secondary N) is 2. The first-order valence-corrected chi connectivity index (χ1v) is 6.51.